The molecule has 1 aliphatic heterocycles. The zero-order chi connectivity index (χ0) is 19.3. The van der Waals surface area contributed by atoms with E-state index in [0.717, 1.165) is 12.0 Å². The highest BCUT2D eigenvalue weighted by Gasteiger charge is 2.22. The first-order valence-corrected chi connectivity index (χ1v) is 9.95. The molecule has 0 saturated carbocycles. The number of piperazine rings is 1. The summed E-state index contributed by atoms with van der Waals surface area (Å²) in [6.07, 6.45) is 3.97. The lowest BCUT2D eigenvalue weighted by Crippen LogP contribution is -2.48. The zero-order valence-electron chi connectivity index (χ0n) is 14.6. The standard InChI is InChI=1S/C18H20N4O4S/c23-14-21-9-11-22(12-10-21)18(24)16-1-3-17(4-2-16)27(25,26)20-13-15-5-7-19-8-6-15/h1-8,14,20H,9-13H2. The smallest absolute Gasteiger partial charge is 0.253 e. The van der Waals surface area contributed by atoms with Gasteiger partial charge in [-0.2, -0.15) is 0 Å². The predicted molar refractivity (Wildman–Crippen MR) is 98.2 cm³/mol. The van der Waals surface area contributed by atoms with Crippen LogP contribution in [0.4, 0.5) is 0 Å². The summed E-state index contributed by atoms with van der Waals surface area (Å²) in [5, 5.41) is 0. The number of amides is 2. The normalized spacial score (nSPS) is 14.8. The van der Waals surface area contributed by atoms with Crippen molar-refractivity contribution < 1.29 is 18.0 Å². The highest BCUT2D eigenvalue weighted by Crippen LogP contribution is 2.14. The first-order valence-electron chi connectivity index (χ1n) is 8.47. The maximum absolute atomic E-state index is 12.5. The lowest BCUT2D eigenvalue weighted by atomic mass is 10.2. The number of carbonyl (C=O) groups excluding carboxylic acids is 2. The van der Waals surface area contributed by atoms with Crippen LogP contribution in [0.2, 0.25) is 0 Å². The molecule has 1 N–H and O–H groups in total. The van der Waals surface area contributed by atoms with Crippen molar-refractivity contribution in [2.45, 2.75) is 11.4 Å². The van der Waals surface area contributed by atoms with Gasteiger partial charge in [0.15, 0.2) is 0 Å². The third-order valence-corrected chi connectivity index (χ3v) is 5.79. The second-order valence-corrected chi connectivity index (χ2v) is 7.90. The first kappa shape index (κ1) is 19.0. The van der Waals surface area contributed by atoms with Crippen LogP contribution in [0.1, 0.15) is 15.9 Å². The summed E-state index contributed by atoms with van der Waals surface area (Å²) in [5.41, 5.74) is 1.22. The minimum absolute atomic E-state index is 0.0962. The molecule has 27 heavy (non-hydrogen) atoms. The van der Waals surface area contributed by atoms with Gasteiger partial charge in [-0.15, -0.1) is 0 Å². The summed E-state index contributed by atoms with van der Waals surface area (Å²) in [5.74, 6) is -0.172. The van der Waals surface area contributed by atoms with Crippen LogP contribution < -0.4 is 4.72 Å². The van der Waals surface area contributed by atoms with Gasteiger partial charge in [-0.1, -0.05) is 0 Å². The Kier molecular flexibility index (Phi) is 5.82. The Balaban J connectivity index is 1.64. The number of nitrogens with zero attached hydrogens (tertiary/aromatic N) is 3. The maximum atomic E-state index is 12.5. The number of aromatic nitrogens is 1. The fourth-order valence-electron chi connectivity index (χ4n) is 2.75. The number of nitrogens with one attached hydrogen (secondary N) is 1. The Morgan fingerprint density at radius 1 is 1.04 bits per heavy atom. The van der Waals surface area contributed by atoms with Crippen molar-refractivity contribution in [3.05, 3.63) is 59.9 Å². The predicted octanol–water partition coefficient (Wildman–Crippen LogP) is 0.474. The number of rotatable bonds is 6. The quantitative estimate of drug-likeness (QED) is 0.726. The summed E-state index contributed by atoms with van der Waals surface area (Å²) in [6, 6.07) is 9.32. The Hall–Kier alpha value is -2.78. The van der Waals surface area contributed by atoms with Crippen LogP contribution in [0.3, 0.4) is 0 Å². The molecule has 0 radical (unpaired) electrons. The molecule has 1 aliphatic rings. The third-order valence-electron chi connectivity index (χ3n) is 4.38. The van der Waals surface area contributed by atoms with Crippen LogP contribution in [0, 0.1) is 0 Å². The van der Waals surface area contributed by atoms with Crippen molar-refractivity contribution in [3.63, 3.8) is 0 Å². The van der Waals surface area contributed by atoms with Gasteiger partial charge in [-0.05, 0) is 42.0 Å². The van der Waals surface area contributed by atoms with Crippen molar-refractivity contribution in [2.75, 3.05) is 26.2 Å². The van der Waals surface area contributed by atoms with E-state index < -0.39 is 10.0 Å². The Morgan fingerprint density at radius 2 is 1.67 bits per heavy atom. The SMILES string of the molecule is O=CN1CCN(C(=O)c2ccc(S(=O)(=O)NCc3ccncc3)cc2)CC1. The van der Waals surface area contributed by atoms with Gasteiger partial charge < -0.3 is 9.80 Å². The van der Waals surface area contributed by atoms with Gasteiger partial charge >= 0.3 is 0 Å². The fourth-order valence-corrected chi connectivity index (χ4v) is 3.77. The number of hydrogen-bond donors (Lipinski definition) is 1. The molecule has 8 nitrogen and oxygen atoms in total. The molecule has 0 bridgehead atoms. The van der Waals surface area contributed by atoms with Crippen molar-refractivity contribution in [1.29, 1.82) is 0 Å². The lowest BCUT2D eigenvalue weighted by Gasteiger charge is -2.32. The topological polar surface area (TPSA) is 99.7 Å². The zero-order valence-corrected chi connectivity index (χ0v) is 15.4. The van der Waals surface area contributed by atoms with E-state index in [0.29, 0.717) is 31.7 Å². The van der Waals surface area contributed by atoms with Crippen LogP contribution >= 0.6 is 0 Å². The van der Waals surface area contributed by atoms with E-state index in [9.17, 15) is 18.0 Å². The number of hydrogen-bond acceptors (Lipinski definition) is 5. The fraction of sp³-hybridized carbons (Fsp3) is 0.278. The van der Waals surface area contributed by atoms with Gasteiger partial charge in [0.05, 0.1) is 4.90 Å². The van der Waals surface area contributed by atoms with Gasteiger partial charge in [0.1, 0.15) is 0 Å². The van der Waals surface area contributed by atoms with Gasteiger partial charge in [-0.3, -0.25) is 14.6 Å². The molecule has 1 aromatic carbocycles. The van der Waals surface area contributed by atoms with Gasteiger partial charge in [0.2, 0.25) is 16.4 Å². The van der Waals surface area contributed by atoms with E-state index in [1.54, 1.807) is 34.3 Å². The van der Waals surface area contributed by atoms with E-state index in [2.05, 4.69) is 9.71 Å². The molecule has 2 amide bonds. The lowest BCUT2D eigenvalue weighted by molar-refractivity contribution is -0.119. The minimum Gasteiger partial charge on any atom is -0.342 e. The third kappa shape index (κ3) is 4.69. The van der Waals surface area contributed by atoms with Crippen LogP contribution in [0.15, 0.2) is 53.7 Å². The van der Waals surface area contributed by atoms with E-state index >= 15 is 0 Å². The Bertz CT molecular complexity index is 893. The molecule has 2 heterocycles. The molecule has 142 valence electrons. The van der Waals surface area contributed by atoms with Crippen molar-refractivity contribution in [1.82, 2.24) is 19.5 Å². The second kappa shape index (κ2) is 8.28. The second-order valence-electron chi connectivity index (χ2n) is 6.14. The molecule has 0 unspecified atom stereocenters. The number of carbonyl (C=O) groups is 2. The summed E-state index contributed by atoms with van der Waals surface area (Å²) in [4.78, 5) is 30.5. The largest absolute Gasteiger partial charge is 0.342 e. The summed E-state index contributed by atoms with van der Waals surface area (Å²) in [6.45, 7) is 2.09. The summed E-state index contributed by atoms with van der Waals surface area (Å²) < 4.78 is 27.3. The maximum Gasteiger partial charge on any atom is 0.253 e. The van der Waals surface area contributed by atoms with E-state index in [4.69, 9.17) is 0 Å². The van der Waals surface area contributed by atoms with E-state index in [1.807, 2.05) is 0 Å². The molecule has 0 atom stereocenters. The number of benzene rings is 1. The number of pyridine rings is 1. The van der Waals surface area contributed by atoms with E-state index in [-0.39, 0.29) is 17.3 Å². The summed E-state index contributed by atoms with van der Waals surface area (Å²) >= 11 is 0. The number of sulfonamides is 1. The average molecular weight is 388 g/mol. The van der Waals surface area contributed by atoms with Crippen LogP contribution in [-0.2, 0) is 21.4 Å². The molecule has 1 aromatic heterocycles. The minimum atomic E-state index is -3.68. The van der Waals surface area contributed by atoms with Crippen LogP contribution in [-0.4, -0.2) is 61.7 Å². The highest BCUT2D eigenvalue weighted by molar-refractivity contribution is 7.89. The molecule has 0 spiro atoms. The van der Waals surface area contributed by atoms with Crippen LogP contribution in [0.5, 0.6) is 0 Å². The molecular formula is C18H20N4O4S. The van der Waals surface area contributed by atoms with Crippen molar-refractivity contribution in [2.24, 2.45) is 0 Å². The van der Waals surface area contributed by atoms with Crippen LogP contribution in [0.25, 0.3) is 0 Å². The molecule has 3 rings (SSSR count). The van der Waals surface area contributed by atoms with Gasteiger partial charge in [0.25, 0.3) is 5.91 Å². The highest BCUT2D eigenvalue weighted by atomic mass is 32.2. The Morgan fingerprint density at radius 3 is 2.26 bits per heavy atom. The summed E-state index contributed by atoms with van der Waals surface area (Å²) in [7, 11) is -3.68. The first-order chi connectivity index (χ1) is 13.0. The average Bonchev–Trinajstić information content (AvgIpc) is 2.73. The molecule has 2 aromatic rings. The van der Waals surface area contributed by atoms with Gasteiger partial charge in [0, 0.05) is 50.7 Å². The van der Waals surface area contributed by atoms with E-state index in [1.165, 1.54) is 24.3 Å². The molecular weight excluding hydrogens is 368 g/mol. The van der Waals surface area contributed by atoms with Crippen molar-refractivity contribution in [3.8, 4) is 0 Å². The van der Waals surface area contributed by atoms with Gasteiger partial charge in [-0.25, -0.2) is 13.1 Å². The molecule has 1 saturated heterocycles. The Labute approximate surface area is 157 Å². The molecule has 9 heteroatoms. The molecule has 0 aliphatic carbocycles. The van der Waals surface area contributed by atoms with Crippen molar-refractivity contribution >= 4 is 22.3 Å². The monoisotopic (exact) mass is 388 g/mol. The molecule has 1 fully saturated rings.